The van der Waals surface area contributed by atoms with Gasteiger partial charge in [0.2, 0.25) is 0 Å². The molecule has 1 aliphatic rings. The molecule has 0 spiro atoms. The zero-order valence-electron chi connectivity index (χ0n) is 16.1. The molecule has 0 radical (unpaired) electrons. The normalized spacial score (nSPS) is 19.3. The Morgan fingerprint density at radius 1 is 1.00 bits per heavy atom. The van der Waals surface area contributed by atoms with Crippen LogP contribution in [0.15, 0.2) is 65.1 Å². The van der Waals surface area contributed by atoms with Crippen molar-refractivity contribution in [2.45, 2.75) is 19.3 Å². The van der Waals surface area contributed by atoms with Crippen LogP contribution < -0.4 is 0 Å². The van der Waals surface area contributed by atoms with E-state index in [9.17, 15) is 9.59 Å². The van der Waals surface area contributed by atoms with Crippen molar-refractivity contribution in [2.75, 3.05) is 13.1 Å². The summed E-state index contributed by atoms with van der Waals surface area (Å²) in [5, 5.41) is 11.1. The van der Waals surface area contributed by atoms with Crippen LogP contribution in [-0.4, -0.2) is 35.0 Å². The van der Waals surface area contributed by atoms with Crippen LogP contribution in [0.3, 0.4) is 0 Å². The smallest absolute Gasteiger partial charge is 0.335 e. The van der Waals surface area contributed by atoms with Gasteiger partial charge >= 0.3 is 5.97 Å². The van der Waals surface area contributed by atoms with Gasteiger partial charge in [-0.3, -0.25) is 4.79 Å². The Labute approximate surface area is 178 Å². The van der Waals surface area contributed by atoms with E-state index < -0.39 is 5.97 Å². The average Bonchev–Trinajstić information content (AvgIpc) is 2.73. The summed E-state index contributed by atoms with van der Waals surface area (Å²) in [6.07, 6.45) is 0.869. The molecular weight excluding hydrogens is 430 g/mol. The highest BCUT2D eigenvalue weighted by atomic mass is 79.9. The summed E-state index contributed by atoms with van der Waals surface area (Å²) in [6, 6.07) is 18.9. The Hall–Kier alpha value is -2.66. The Kier molecular flexibility index (Phi) is 5.41. The maximum atomic E-state index is 13.3. The number of piperidine rings is 1. The van der Waals surface area contributed by atoms with Gasteiger partial charge in [0.1, 0.15) is 0 Å². The quantitative estimate of drug-likeness (QED) is 0.566. The molecule has 148 valence electrons. The monoisotopic (exact) mass is 451 g/mol. The minimum atomic E-state index is -0.910. The number of rotatable bonds is 3. The lowest BCUT2D eigenvalue weighted by Gasteiger charge is -2.37. The first-order valence-corrected chi connectivity index (χ1v) is 10.5. The maximum absolute atomic E-state index is 13.3. The van der Waals surface area contributed by atoms with Crippen molar-refractivity contribution in [3.63, 3.8) is 0 Å². The molecule has 0 bridgehead atoms. The number of benzene rings is 3. The number of amides is 1. The van der Waals surface area contributed by atoms with Gasteiger partial charge < -0.3 is 10.0 Å². The van der Waals surface area contributed by atoms with E-state index in [4.69, 9.17) is 5.11 Å². The summed E-state index contributed by atoms with van der Waals surface area (Å²) < 4.78 is 0.988. The van der Waals surface area contributed by atoms with Crippen molar-refractivity contribution in [2.24, 2.45) is 5.92 Å². The molecule has 0 aliphatic carbocycles. The van der Waals surface area contributed by atoms with Crippen molar-refractivity contribution >= 4 is 38.6 Å². The fraction of sp³-hybridized carbons (Fsp3) is 0.250. The molecular formula is C24H22BrNO3. The summed E-state index contributed by atoms with van der Waals surface area (Å²) in [5.41, 5.74) is 2.18. The van der Waals surface area contributed by atoms with E-state index in [1.165, 1.54) is 0 Å². The predicted molar refractivity (Wildman–Crippen MR) is 117 cm³/mol. The van der Waals surface area contributed by atoms with Crippen LogP contribution in [0.2, 0.25) is 0 Å². The van der Waals surface area contributed by atoms with Crippen LogP contribution >= 0.6 is 15.9 Å². The standard InChI is InChI=1S/C24H22BrNO3/c1-15-14-26(13-12-18(15)16-8-10-17(11-9-16)24(28)29)23(27)21-6-2-5-20-19(21)4-3-7-22(20)25/h2-11,15,18H,12-14H2,1H3,(H,28,29)/t15-,18+/m0/s1. The number of hydrogen-bond donors (Lipinski definition) is 1. The van der Waals surface area contributed by atoms with Gasteiger partial charge in [-0.05, 0) is 58.9 Å². The molecule has 0 saturated carbocycles. The first-order chi connectivity index (χ1) is 14.0. The number of likely N-dealkylation sites (tertiary alicyclic amines) is 1. The molecule has 29 heavy (non-hydrogen) atoms. The van der Waals surface area contributed by atoms with E-state index in [0.717, 1.165) is 32.8 Å². The van der Waals surface area contributed by atoms with E-state index in [-0.39, 0.29) is 5.91 Å². The number of carboxylic acids is 1. The largest absolute Gasteiger partial charge is 0.478 e. The molecule has 0 unspecified atom stereocenters. The third-order valence-electron chi connectivity index (χ3n) is 5.88. The van der Waals surface area contributed by atoms with Crippen LogP contribution in [-0.2, 0) is 0 Å². The summed E-state index contributed by atoms with van der Waals surface area (Å²) in [7, 11) is 0. The second-order valence-corrected chi connectivity index (χ2v) is 8.55. The number of carboxylic acid groups (broad SMARTS) is 1. The minimum Gasteiger partial charge on any atom is -0.478 e. The molecule has 1 heterocycles. The third kappa shape index (κ3) is 3.79. The van der Waals surface area contributed by atoms with Gasteiger partial charge in [-0.2, -0.15) is 0 Å². The number of carbonyl (C=O) groups excluding carboxylic acids is 1. The molecule has 5 heteroatoms. The Bertz CT molecular complexity index is 1080. The first-order valence-electron chi connectivity index (χ1n) is 9.75. The molecule has 3 aromatic carbocycles. The van der Waals surface area contributed by atoms with Crippen LogP contribution in [0.1, 0.15) is 45.5 Å². The molecule has 3 aromatic rings. The number of hydrogen-bond acceptors (Lipinski definition) is 2. The Balaban J connectivity index is 1.53. The SMILES string of the molecule is C[C@H]1CN(C(=O)c2cccc3c(Br)cccc23)CC[C@H]1c1ccc(C(=O)O)cc1. The van der Waals surface area contributed by atoms with Gasteiger partial charge in [-0.1, -0.05) is 59.3 Å². The van der Waals surface area contributed by atoms with Crippen molar-refractivity contribution < 1.29 is 14.7 Å². The number of fused-ring (bicyclic) bond motifs is 1. The number of carbonyl (C=O) groups is 2. The topological polar surface area (TPSA) is 57.6 Å². The summed E-state index contributed by atoms with van der Waals surface area (Å²) >= 11 is 3.57. The average molecular weight is 452 g/mol. The predicted octanol–water partition coefficient (Wildman–Crippen LogP) is 5.57. The van der Waals surface area contributed by atoms with Crippen LogP contribution in [0, 0.1) is 5.92 Å². The first kappa shape index (κ1) is 19.6. The highest BCUT2D eigenvalue weighted by Crippen LogP contribution is 2.34. The van der Waals surface area contributed by atoms with Gasteiger partial charge in [-0.15, -0.1) is 0 Å². The van der Waals surface area contributed by atoms with Gasteiger partial charge in [0.05, 0.1) is 5.56 Å². The fourth-order valence-electron chi connectivity index (χ4n) is 4.33. The molecule has 2 atom stereocenters. The summed E-state index contributed by atoms with van der Waals surface area (Å²) in [4.78, 5) is 26.3. The van der Waals surface area contributed by atoms with Crippen LogP contribution in [0.25, 0.3) is 10.8 Å². The highest BCUT2D eigenvalue weighted by molar-refractivity contribution is 9.10. The lowest BCUT2D eigenvalue weighted by atomic mass is 9.81. The Morgan fingerprint density at radius 3 is 2.38 bits per heavy atom. The third-order valence-corrected chi connectivity index (χ3v) is 6.57. The summed E-state index contributed by atoms with van der Waals surface area (Å²) in [6.45, 7) is 3.54. The maximum Gasteiger partial charge on any atom is 0.335 e. The number of halogens is 1. The van der Waals surface area contributed by atoms with E-state index >= 15 is 0 Å². The van der Waals surface area contributed by atoms with E-state index in [1.54, 1.807) is 12.1 Å². The Morgan fingerprint density at radius 2 is 1.69 bits per heavy atom. The zero-order chi connectivity index (χ0) is 20.5. The molecule has 1 aliphatic heterocycles. The minimum absolute atomic E-state index is 0.0697. The van der Waals surface area contributed by atoms with Gasteiger partial charge in [-0.25, -0.2) is 4.79 Å². The second-order valence-electron chi connectivity index (χ2n) is 7.69. The van der Waals surface area contributed by atoms with E-state index in [1.807, 2.05) is 53.4 Å². The summed E-state index contributed by atoms with van der Waals surface area (Å²) in [5.74, 6) is -0.222. The van der Waals surface area contributed by atoms with Gasteiger partial charge in [0, 0.05) is 23.1 Å². The molecule has 4 rings (SSSR count). The van der Waals surface area contributed by atoms with Crippen molar-refractivity contribution in [3.05, 3.63) is 81.8 Å². The molecule has 0 aromatic heterocycles. The highest BCUT2D eigenvalue weighted by Gasteiger charge is 2.30. The molecule has 1 amide bonds. The van der Waals surface area contributed by atoms with Crippen LogP contribution in [0.4, 0.5) is 0 Å². The number of aromatic carboxylic acids is 1. The zero-order valence-corrected chi connectivity index (χ0v) is 17.7. The van der Waals surface area contributed by atoms with Crippen molar-refractivity contribution in [3.8, 4) is 0 Å². The van der Waals surface area contributed by atoms with Crippen molar-refractivity contribution in [1.82, 2.24) is 4.90 Å². The van der Waals surface area contributed by atoms with Gasteiger partial charge in [0.15, 0.2) is 0 Å². The molecule has 1 saturated heterocycles. The lowest BCUT2D eigenvalue weighted by Crippen LogP contribution is -2.42. The van der Waals surface area contributed by atoms with Crippen molar-refractivity contribution in [1.29, 1.82) is 0 Å². The molecule has 4 nitrogen and oxygen atoms in total. The number of nitrogens with zero attached hydrogens (tertiary/aromatic N) is 1. The molecule has 1 fully saturated rings. The fourth-order valence-corrected chi connectivity index (χ4v) is 4.82. The van der Waals surface area contributed by atoms with Gasteiger partial charge in [0.25, 0.3) is 5.91 Å². The second kappa shape index (κ2) is 7.99. The van der Waals surface area contributed by atoms with Crippen LogP contribution in [0.5, 0.6) is 0 Å². The van der Waals surface area contributed by atoms with E-state index in [0.29, 0.717) is 30.5 Å². The lowest BCUT2D eigenvalue weighted by molar-refractivity contribution is 0.0659. The molecule has 1 N–H and O–H groups in total. The van der Waals surface area contributed by atoms with E-state index in [2.05, 4.69) is 22.9 Å².